The summed E-state index contributed by atoms with van der Waals surface area (Å²) in [7, 11) is 0. The van der Waals surface area contributed by atoms with Gasteiger partial charge in [0.15, 0.2) is 11.6 Å². The summed E-state index contributed by atoms with van der Waals surface area (Å²) >= 11 is 25.3. The quantitative estimate of drug-likeness (QED) is 0.213. The molecule has 8 rings (SSSR count). The number of benzene rings is 3. The second kappa shape index (κ2) is 13.9. The van der Waals surface area contributed by atoms with Crippen molar-refractivity contribution in [3.05, 3.63) is 109 Å². The maximum atomic E-state index is 13.3. The standard InChI is InChI=1S/C26H25Cl2NO2.C15H16Cl2O2/c1-26(19-8-2-3-9-19)15-18-14-21(23(27)24(28)22(18)25(26)30)31-16-17-7-6-10-20(13-17)29-11-4-5-12-29;1-15(9-4-2-3-5-9)7-8-6-10(18)12(16)13(17)11(8)14(15)19/h4-7,10-14,19H,2-3,8-9,15-16H2,1H3;6,9,18H,2-5,7H2,1H3. The van der Waals surface area contributed by atoms with Gasteiger partial charge in [-0.15, -0.1) is 0 Å². The average molecular weight is 754 g/mol. The Kier molecular flexibility index (Phi) is 9.84. The zero-order chi connectivity index (χ0) is 35.4. The number of phenolic OH excluding ortho intramolecular Hbond substituents is 1. The predicted molar refractivity (Wildman–Crippen MR) is 201 cm³/mol. The molecule has 262 valence electrons. The van der Waals surface area contributed by atoms with E-state index < -0.39 is 0 Å². The van der Waals surface area contributed by atoms with Crippen LogP contribution < -0.4 is 4.74 Å². The molecule has 0 spiro atoms. The molecule has 1 aromatic heterocycles. The molecule has 1 N–H and O–H groups in total. The van der Waals surface area contributed by atoms with Crippen molar-refractivity contribution in [2.24, 2.45) is 22.7 Å². The number of ether oxygens (including phenoxy) is 1. The fourth-order valence-corrected chi connectivity index (χ4v) is 9.93. The maximum absolute atomic E-state index is 13.3. The molecule has 0 radical (unpaired) electrons. The van der Waals surface area contributed by atoms with Gasteiger partial charge < -0.3 is 14.4 Å². The minimum atomic E-state index is -0.379. The van der Waals surface area contributed by atoms with E-state index in [9.17, 15) is 14.7 Å². The third kappa shape index (κ3) is 6.16. The summed E-state index contributed by atoms with van der Waals surface area (Å²) < 4.78 is 8.15. The topological polar surface area (TPSA) is 68.5 Å². The molecule has 2 unspecified atom stereocenters. The number of phenols is 1. The zero-order valence-corrected chi connectivity index (χ0v) is 31.4. The van der Waals surface area contributed by atoms with Crippen LogP contribution in [0.4, 0.5) is 0 Å². The van der Waals surface area contributed by atoms with E-state index in [4.69, 9.17) is 51.1 Å². The first-order valence-electron chi connectivity index (χ1n) is 17.6. The molecular weight excluding hydrogens is 712 g/mol. The number of carbonyl (C=O) groups excluding carboxylic acids is 2. The van der Waals surface area contributed by atoms with Gasteiger partial charge in [-0.25, -0.2) is 0 Å². The Hall–Kier alpha value is -2.96. The third-order valence-corrected chi connectivity index (χ3v) is 13.6. The van der Waals surface area contributed by atoms with Gasteiger partial charge in [-0.3, -0.25) is 9.59 Å². The van der Waals surface area contributed by atoms with Crippen LogP contribution >= 0.6 is 46.4 Å². The van der Waals surface area contributed by atoms with E-state index in [1.807, 2.05) is 49.6 Å². The van der Waals surface area contributed by atoms with Crippen molar-refractivity contribution in [2.75, 3.05) is 0 Å². The van der Waals surface area contributed by atoms with Crippen molar-refractivity contribution in [3.8, 4) is 17.2 Å². The van der Waals surface area contributed by atoms with Crippen LogP contribution in [0.3, 0.4) is 0 Å². The van der Waals surface area contributed by atoms with E-state index in [1.54, 1.807) is 6.07 Å². The molecule has 0 aliphatic heterocycles. The number of nitrogens with zero attached hydrogens (tertiary/aromatic N) is 1. The van der Waals surface area contributed by atoms with Gasteiger partial charge in [0.1, 0.15) is 28.2 Å². The first-order chi connectivity index (χ1) is 23.9. The lowest BCUT2D eigenvalue weighted by atomic mass is 9.73. The minimum absolute atomic E-state index is 0.0334. The van der Waals surface area contributed by atoms with Gasteiger partial charge in [-0.1, -0.05) is 98.1 Å². The molecule has 5 nitrogen and oxygen atoms in total. The molecule has 3 aromatic carbocycles. The van der Waals surface area contributed by atoms with Crippen LogP contribution in [-0.2, 0) is 19.4 Å². The van der Waals surface area contributed by atoms with E-state index in [0.29, 0.717) is 58.2 Å². The Morgan fingerprint density at radius 3 is 1.80 bits per heavy atom. The van der Waals surface area contributed by atoms with Crippen LogP contribution in [0, 0.1) is 22.7 Å². The molecular formula is C41H41Cl4NO4. The molecule has 4 aliphatic carbocycles. The molecule has 0 saturated heterocycles. The number of rotatable bonds is 6. The van der Waals surface area contributed by atoms with Crippen LogP contribution in [0.5, 0.6) is 11.5 Å². The molecule has 4 aliphatic rings. The van der Waals surface area contributed by atoms with E-state index >= 15 is 0 Å². The highest BCUT2D eigenvalue weighted by molar-refractivity contribution is 6.46. The molecule has 50 heavy (non-hydrogen) atoms. The van der Waals surface area contributed by atoms with Crippen LogP contribution in [0.15, 0.2) is 60.9 Å². The number of hydrogen-bond acceptors (Lipinski definition) is 4. The number of ketones is 2. The number of aromatic hydroxyl groups is 1. The first kappa shape index (κ1) is 35.4. The highest BCUT2D eigenvalue weighted by Crippen LogP contribution is 2.54. The molecule has 2 atom stereocenters. The molecule has 4 aromatic rings. The average Bonchev–Trinajstić information content (AvgIpc) is 3.95. The number of carbonyl (C=O) groups is 2. The fourth-order valence-electron chi connectivity index (χ4n) is 8.97. The maximum Gasteiger partial charge on any atom is 0.171 e. The number of Topliss-reactive ketones (excluding diaryl/α,β-unsaturated/α-hetero) is 2. The van der Waals surface area contributed by atoms with Gasteiger partial charge in [0.05, 0.1) is 10.0 Å². The minimum Gasteiger partial charge on any atom is -0.506 e. The van der Waals surface area contributed by atoms with Crippen LogP contribution in [0.1, 0.15) is 103 Å². The summed E-state index contributed by atoms with van der Waals surface area (Å²) in [6.45, 7) is 4.51. The number of halogens is 4. The van der Waals surface area contributed by atoms with E-state index in [1.165, 1.54) is 25.7 Å². The molecule has 2 fully saturated rings. The smallest absolute Gasteiger partial charge is 0.171 e. The monoisotopic (exact) mass is 751 g/mol. The van der Waals surface area contributed by atoms with E-state index in [2.05, 4.69) is 23.6 Å². The SMILES string of the molecule is CC1(C2CCCC2)Cc2cc(O)c(Cl)c(Cl)c2C1=O.CC1(C2CCCC2)Cc2cc(OCc3cccc(-n4cccc4)c3)c(Cl)c(Cl)c2C1=O. The Labute approximate surface area is 313 Å². The second-order valence-corrected chi connectivity index (χ2v) is 16.5. The molecule has 9 heteroatoms. The zero-order valence-electron chi connectivity index (χ0n) is 28.3. The van der Waals surface area contributed by atoms with Gasteiger partial charge in [0, 0.05) is 40.0 Å². The van der Waals surface area contributed by atoms with Crippen LogP contribution in [-0.4, -0.2) is 21.2 Å². The predicted octanol–water partition coefficient (Wildman–Crippen LogP) is 11.9. The summed E-state index contributed by atoms with van der Waals surface area (Å²) in [5, 5.41) is 10.7. The first-order valence-corrected chi connectivity index (χ1v) is 19.1. The number of hydrogen-bond donors (Lipinski definition) is 1. The third-order valence-electron chi connectivity index (χ3n) is 11.9. The summed E-state index contributed by atoms with van der Waals surface area (Å²) in [5.74, 6) is 1.59. The number of aromatic nitrogens is 1. The van der Waals surface area contributed by atoms with Crippen molar-refractivity contribution in [1.29, 1.82) is 0 Å². The molecule has 1 heterocycles. The summed E-state index contributed by atoms with van der Waals surface area (Å²) in [6, 6.07) is 15.7. The van der Waals surface area contributed by atoms with Crippen molar-refractivity contribution in [2.45, 2.75) is 84.7 Å². The Morgan fingerprint density at radius 2 is 1.24 bits per heavy atom. The Balaban J connectivity index is 0.000000176. The van der Waals surface area contributed by atoms with Crippen molar-refractivity contribution >= 4 is 58.0 Å². The molecule has 0 bridgehead atoms. The van der Waals surface area contributed by atoms with Crippen molar-refractivity contribution < 1.29 is 19.4 Å². The van der Waals surface area contributed by atoms with Crippen molar-refractivity contribution in [1.82, 2.24) is 4.57 Å². The van der Waals surface area contributed by atoms with Gasteiger partial charge in [-0.05, 0) is 103 Å². The lowest BCUT2D eigenvalue weighted by molar-refractivity contribution is 0.0738. The van der Waals surface area contributed by atoms with Gasteiger partial charge in [0.2, 0.25) is 0 Å². The largest absolute Gasteiger partial charge is 0.506 e. The molecule has 0 amide bonds. The normalized spacial score (nSPS) is 23.2. The Bertz CT molecular complexity index is 1960. The van der Waals surface area contributed by atoms with E-state index in [-0.39, 0.29) is 38.2 Å². The van der Waals surface area contributed by atoms with Gasteiger partial charge >= 0.3 is 0 Å². The van der Waals surface area contributed by atoms with Gasteiger partial charge in [-0.2, -0.15) is 0 Å². The summed E-state index contributed by atoms with van der Waals surface area (Å²) in [4.78, 5) is 26.1. The highest BCUT2D eigenvalue weighted by atomic mass is 35.5. The van der Waals surface area contributed by atoms with Crippen LogP contribution in [0.2, 0.25) is 20.1 Å². The summed E-state index contributed by atoms with van der Waals surface area (Å²) in [6.07, 6.45) is 14.6. The van der Waals surface area contributed by atoms with Crippen LogP contribution in [0.25, 0.3) is 5.69 Å². The fraction of sp³-hybridized carbons (Fsp3) is 0.415. The lowest BCUT2D eigenvalue weighted by Crippen LogP contribution is -2.32. The van der Waals surface area contributed by atoms with E-state index in [0.717, 1.165) is 48.1 Å². The Morgan fingerprint density at radius 1 is 0.720 bits per heavy atom. The lowest BCUT2D eigenvalue weighted by Gasteiger charge is -2.29. The number of fused-ring (bicyclic) bond motifs is 2. The summed E-state index contributed by atoms with van der Waals surface area (Å²) in [5.41, 5.74) is 4.28. The van der Waals surface area contributed by atoms with Crippen molar-refractivity contribution in [3.63, 3.8) is 0 Å². The van der Waals surface area contributed by atoms with Gasteiger partial charge in [0.25, 0.3) is 0 Å². The second-order valence-electron chi connectivity index (χ2n) is 15.0. The molecule has 2 saturated carbocycles. The highest BCUT2D eigenvalue weighted by Gasteiger charge is 2.50.